The molecule has 2 N–H and O–H groups in total. The number of halogens is 1. The Morgan fingerprint density at radius 1 is 1.16 bits per heavy atom. The minimum atomic E-state index is 0.258. The number of aryl methyl sites for hydroxylation is 1. The SMILES string of the molecule is Cc1ccc(CC2(CN)CCC(C)(C)CC2)c(Cl)c1. The zero-order chi connectivity index (χ0) is 14.1. The molecule has 1 fully saturated rings. The highest BCUT2D eigenvalue weighted by molar-refractivity contribution is 6.31. The highest BCUT2D eigenvalue weighted by atomic mass is 35.5. The highest BCUT2D eigenvalue weighted by Gasteiger charge is 2.37. The third-order valence-corrected chi connectivity index (χ3v) is 5.22. The molecule has 19 heavy (non-hydrogen) atoms. The van der Waals surface area contributed by atoms with E-state index in [4.69, 9.17) is 17.3 Å². The molecule has 106 valence electrons. The summed E-state index contributed by atoms with van der Waals surface area (Å²) >= 11 is 6.38. The van der Waals surface area contributed by atoms with Crippen LogP contribution in [0.5, 0.6) is 0 Å². The molecule has 0 atom stereocenters. The van der Waals surface area contributed by atoms with Crippen LogP contribution in [-0.2, 0) is 6.42 Å². The fourth-order valence-corrected chi connectivity index (χ4v) is 3.41. The van der Waals surface area contributed by atoms with Gasteiger partial charge in [0.05, 0.1) is 0 Å². The van der Waals surface area contributed by atoms with Crippen LogP contribution in [-0.4, -0.2) is 6.54 Å². The van der Waals surface area contributed by atoms with Gasteiger partial charge in [-0.25, -0.2) is 0 Å². The Morgan fingerprint density at radius 3 is 2.32 bits per heavy atom. The first kappa shape index (κ1) is 14.9. The van der Waals surface area contributed by atoms with Crippen molar-refractivity contribution in [3.8, 4) is 0 Å². The van der Waals surface area contributed by atoms with Crippen LogP contribution in [0.3, 0.4) is 0 Å². The van der Waals surface area contributed by atoms with Crippen molar-refractivity contribution in [1.29, 1.82) is 0 Å². The molecule has 0 spiro atoms. The fraction of sp³-hybridized carbons (Fsp3) is 0.647. The normalized spacial score (nSPS) is 21.3. The van der Waals surface area contributed by atoms with E-state index in [1.165, 1.54) is 36.8 Å². The molecule has 0 aliphatic heterocycles. The molecule has 0 unspecified atom stereocenters. The van der Waals surface area contributed by atoms with Crippen LogP contribution < -0.4 is 5.73 Å². The van der Waals surface area contributed by atoms with E-state index in [1.54, 1.807) is 0 Å². The molecule has 0 saturated heterocycles. The molecular weight excluding hydrogens is 254 g/mol. The second-order valence-electron chi connectivity index (χ2n) is 7.14. The molecule has 1 aliphatic carbocycles. The molecule has 0 heterocycles. The maximum atomic E-state index is 6.38. The summed E-state index contributed by atoms with van der Waals surface area (Å²) in [5.41, 5.74) is 9.34. The minimum absolute atomic E-state index is 0.258. The van der Waals surface area contributed by atoms with Crippen LogP contribution in [0.4, 0.5) is 0 Å². The summed E-state index contributed by atoms with van der Waals surface area (Å²) in [7, 11) is 0. The minimum Gasteiger partial charge on any atom is -0.330 e. The van der Waals surface area contributed by atoms with Crippen LogP contribution in [0.25, 0.3) is 0 Å². The van der Waals surface area contributed by atoms with E-state index in [0.717, 1.165) is 18.0 Å². The average Bonchev–Trinajstić information content (AvgIpc) is 2.36. The number of nitrogens with two attached hydrogens (primary N) is 1. The lowest BCUT2D eigenvalue weighted by Crippen LogP contribution is -2.39. The molecule has 1 nitrogen and oxygen atoms in total. The van der Waals surface area contributed by atoms with Gasteiger partial charge < -0.3 is 5.73 Å². The molecule has 0 aromatic heterocycles. The molecule has 0 amide bonds. The van der Waals surface area contributed by atoms with Crippen molar-refractivity contribution in [2.45, 2.75) is 52.9 Å². The average molecular weight is 280 g/mol. The second kappa shape index (κ2) is 5.46. The number of rotatable bonds is 3. The summed E-state index contributed by atoms with van der Waals surface area (Å²) in [5.74, 6) is 0. The Balaban J connectivity index is 2.15. The van der Waals surface area contributed by atoms with Crippen molar-refractivity contribution in [2.24, 2.45) is 16.6 Å². The molecule has 1 aromatic carbocycles. The molecule has 1 aromatic rings. The van der Waals surface area contributed by atoms with E-state index in [9.17, 15) is 0 Å². The van der Waals surface area contributed by atoms with E-state index >= 15 is 0 Å². The molecule has 1 saturated carbocycles. The van der Waals surface area contributed by atoms with Gasteiger partial charge in [-0.1, -0.05) is 37.6 Å². The van der Waals surface area contributed by atoms with Gasteiger partial charge in [-0.3, -0.25) is 0 Å². The zero-order valence-electron chi connectivity index (χ0n) is 12.4. The van der Waals surface area contributed by atoms with Gasteiger partial charge >= 0.3 is 0 Å². The highest BCUT2D eigenvalue weighted by Crippen LogP contribution is 2.46. The van der Waals surface area contributed by atoms with Crippen LogP contribution in [0.15, 0.2) is 18.2 Å². The van der Waals surface area contributed by atoms with Crippen LogP contribution >= 0.6 is 11.6 Å². The molecule has 2 rings (SSSR count). The van der Waals surface area contributed by atoms with Crippen molar-refractivity contribution in [3.63, 3.8) is 0 Å². The van der Waals surface area contributed by atoms with Crippen molar-refractivity contribution in [1.82, 2.24) is 0 Å². The predicted octanol–water partition coefficient (Wildman–Crippen LogP) is 4.74. The van der Waals surface area contributed by atoms with Crippen molar-refractivity contribution < 1.29 is 0 Å². The molecular formula is C17H26ClN. The molecule has 0 radical (unpaired) electrons. The van der Waals surface area contributed by atoms with E-state index in [2.05, 4.69) is 39.0 Å². The third kappa shape index (κ3) is 3.52. The van der Waals surface area contributed by atoms with Gasteiger partial charge in [-0.2, -0.15) is 0 Å². The molecule has 2 heteroatoms. The number of hydrogen-bond acceptors (Lipinski definition) is 1. The van der Waals surface area contributed by atoms with Crippen molar-refractivity contribution in [2.75, 3.05) is 6.54 Å². The monoisotopic (exact) mass is 279 g/mol. The van der Waals surface area contributed by atoms with Crippen molar-refractivity contribution >= 4 is 11.6 Å². The smallest absolute Gasteiger partial charge is 0.0440 e. The Morgan fingerprint density at radius 2 is 1.79 bits per heavy atom. The largest absolute Gasteiger partial charge is 0.330 e. The maximum Gasteiger partial charge on any atom is 0.0440 e. The lowest BCUT2D eigenvalue weighted by atomic mass is 9.63. The third-order valence-electron chi connectivity index (χ3n) is 4.87. The number of hydrogen-bond donors (Lipinski definition) is 1. The fourth-order valence-electron chi connectivity index (χ4n) is 3.11. The Kier molecular flexibility index (Phi) is 4.27. The van der Waals surface area contributed by atoms with E-state index < -0.39 is 0 Å². The van der Waals surface area contributed by atoms with E-state index in [1.807, 2.05) is 0 Å². The predicted molar refractivity (Wildman–Crippen MR) is 83.6 cm³/mol. The summed E-state index contributed by atoms with van der Waals surface area (Å²) in [6, 6.07) is 6.39. The van der Waals surface area contributed by atoms with E-state index in [-0.39, 0.29) is 5.41 Å². The maximum absolute atomic E-state index is 6.38. The topological polar surface area (TPSA) is 26.0 Å². The van der Waals surface area contributed by atoms with Gasteiger partial charge in [-0.05, 0) is 73.6 Å². The molecule has 0 bridgehead atoms. The summed E-state index contributed by atoms with van der Waals surface area (Å²) in [4.78, 5) is 0. The number of benzene rings is 1. The van der Waals surface area contributed by atoms with Crippen molar-refractivity contribution in [3.05, 3.63) is 34.3 Å². The summed E-state index contributed by atoms with van der Waals surface area (Å²) < 4.78 is 0. The van der Waals surface area contributed by atoms with Gasteiger partial charge in [0.25, 0.3) is 0 Å². The Bertz CT molecular complexity index is 441. The van der Waals surface area contributed by atoms with Gasteiger partial charge in [0, 0.05) is 5.02 Å². The van der Waals surface area contributed by atoms with Gasteiger partial charge in [-0.15, -0.1) is 0 Å². The van der Waals surface area contributed by atoms with Gasteiger partial charge in [0.2, 0.25) is 0 Å². The Hall–Kier alpha value is -0.530. The molecule has 1 aliphatic rings. The zero-order valence-corrected chi connectivity index (χ0v) is 13.2. The standard InChI is InChI=1S/C17H26ClN/c1-13-4-5-14(15(18)10-13)11-17(12-19)8-6-16(2,3)7-9-17/h4-5,10H,6-9,11-12,19H2,1-3H3. The Labute approximate surface area is 122 Å². The lowest BCUT2D eigenvalue weighted by Gasteiger charge is -2.43. The first-order chi connectivity index (χ1) is 8.86. The summed E-state index contributed by atoms with van der Waals surface area (Å²) in [6.07, 6.45) is 6.02. The van der Waals surface area contributed by atoms with Gasteiger partial charge in [0.1, 0.15) is 0 Å². The lowest BCUT2D eigenvalue weighted by molar-refractivity contribution is 0.108. The van der Waals surface area contributed by atoms with Crippen LogP contribution in [0, 0.1) is 17.8 Å². The van der Waals surface area contributed by atoms with Gasteiger partial charge in [0.15, 0.2) is 0 Å². The quantitative estimate of drug-likeness (QED) is 0.850. The van der Waals surface area contributed by atoms with Crippen LogP contribution in [0.1, 0.15) is 50.7 Å². The summed E-state index contributed by atoms with van der Waals surface area (Å²) in [5, 5.41) is 0.901. The van der Waals surface area contributed by atoms with Crippen LogP contribution in [0.2, 0.25) is 5.02 Å². The summed E-state index contributed by atoms with van der Waals surface area (Å²) in [6.45, 7) is 7.59. The first-order valence-corrected chi connectivity index (χ1v) is 7.69. The first-order valence-electron chi connectivity index (χ1n) is 7.31. The van der Waals surface area contributed by atoms with E-state index in [0.29, 0.717) is 5.41 Å². The second-order valence-corrected chi connectivity index (χ2v) is 7.55.